The van der Waals surface area contributed by atoms with Gasteiger partial charge in [0.2, 0.25) is 0 Å². The van der Waals surface area contributed by atoms with E-state index >= 15 is 0 Å². The van der Waals surface area contributed by atoms with Crippen LogP contribution in [0.3, 0.4) is 0 Å². The zero-order chi connectivity index (χ0) is 31.7. The Morgan fingerprint density at radius 3 is 0.977 bits per heavy atom. The number of pyridine rings is 1. The zero-order valence-electron chi connectivity index (χ0n) is 27.8. The maximum absolute atomic E-state index is 5.39. The van der Waals surface area contributed by atoms with Crippen LogP contribution in [0.25, 0.3) is 0 Å². The molecule has 0 saturated heterocycles. The second kappa shape index (κ2) is 12.5. The number of aromatic nitrogens is 1. The van der Waals surface area contributed by atoms with Crippen LogP contribution in [0.15, 0.2) is 88.8 Å². The van der Waals surface area contributed by atoms with Crippen molar-refractivity contribution in [2.24, 2.45) is 9.98 Å². The van der Waals surface area contributed by atoms with E-state index in [0.29, 0.717) is 0 Å². The first-order valence-corrected chi connectivity index (χ1v) is 15.4. The van der Waals surface area contributed by atoms with E-state index in [1.807, 2.05) is 12.1 Å². The van der Waals surface area contributed by atoms with Crippen LogP contribution in [0.5, 0.6) is 0 Å². The number of benzene rings is 4. The topological polar surface area (TPSA) is 37.6 Å². The molecule has 0 aliphatic carbocycles. The first-order chi connectivity index (χ1) is 21.0. The highest BCUT2D eigenvalue weighted by Crippen LogP contribution is 2.35. The summed E-state index contributed by atoms with van der Waals surface area (Å²) in [6.45, 7) is 21.9. The molecule has 0 aliphatic rings. The Bertz CT molecular complexity index is 1730. The van der Waals surface area contributed by atoms with Gasteiger partial charge in [0.25, 0.3) is 0 Å². The molecule has 1 heterocycles. The molecular formula is C41H43N3. The van der Waals surface area contributed by atoms with Gasteiger partial charge in [0, 0.05) is 11.1 Å². The van der Waals surface area contributed by atoms with Gasteiger partial charge in [-0.15, -0.1) is 0 Å². The molecule has 0 fully saturated rings. The molecular weight excluding hydrogens is 534 g/mol. The highest BCUT2D eigenvalue weighted by Gasteiger charge is 2.19. The van der Waals surface area contributed by atoms with Crippen LogP contribution in [0.4, 0.5) is 11.4 Å². The molecule has 1 aromatic heterocycles. The quantitative estimate of drug-likeness (QED) is 0.185. The van der Waals surface area contributed by atoms with E-state index in [9.17, 15) is 0 Å². The van der Waals surface area contributed by atoms with Crippen molar-refractivity contribution >= 4 is 22.8 Å². The number of hydrogen-bond donors (Lipinski definition) is 0. The van der Waals surface area contributed by atoms with Gasteiger partial charge in [-0.3, -0.25) is 0 Å². The van der Waals surface area contributed by atoms with E-state index in [4.69, 9.17) is 15.0 Å². The average molecular weight is 578 g/mol. The van der Waals surface area contributed by atoms with Gasteiger partial charge in [-0.25, -0.2) is 15.0 Å². The third kappa shape index (κ3) is 5.67. The summed E-state index contributed by atoms with van der Waals surface area (Å²) in [5.41, 5.74) is 20.1. The summed E-state index contributed by atoms with van der Waals surface area (Å²) in [5.74, 6) is 0. The van der Waals surface area contributed by atoms with Gasteiger partial charge >= 0.3 is 0 Å². The van der Waals surface area contributed by atoms with Crippen LogP contribution in [0.2, 0.25) is 0 Å². The van der Waals surface area contributed by atoms with Gasteiger partial charge in [-0.1, -0.05) is 66.7 Å². The van der Waals surface area contributed by atoms with E-state index < -0.39 is 0 Å². The Balaban J connectivity index is 1.78. The summed E-state index contributed by atoms with van der Waals surface area (Å²) < 4.78 is 0. The average Bonchev–Trinajstić information content (AvgIpc) is 3.05. The van der Waals surface area contributed by atoms with E-state index in [-0.39, 0.29) is 0 Å². The summed E-state index contributed by atoms with van der Waals surface area (Å²) in [6, 6.07) is 27.0. The normalized spacial score (nSPS) is 12.1. The fourth-order valence-electron chi connectivity index (χ4n) is 5.95. The molecule has 0 bridgehead atoms. The summed E-state index contributed by atoms with van der Waals surface area (Å²) in [5, 5.41) is 0. The van der Waals surface area contributed by atoms with Crippen molar-refractivity contribution in [2.75, 3.05) is 0 Å². The van der Waals surface area contributed by atoms with Gasteiger partial charge < -0.3 is 0 Å². The van der Waals surface area contributed by atoms with Crippen molar-refractivity contribution in [1.82, 2.24) is 4.98 Å². The molecule has 0 spiro atoms. The highest BCUT2D eigenvalue weighted by molar-refractivity contribution is 6.16. The fourth-order valence-corrected chi connectivity index (χ4v) is 5.95. The molecule has 0 saturated carbocycles. The third-order valence-electron chi connectivity index (χ3n) is 9.70. The molecule has 5 aromatic rings. The Labute approximate surface area is 263 Å². The number of aliphatic imine (C=N–C) groups is 2. The SMILES string of the molecule is Cc1c(C)c(C)c(/N=C(\c2ccccc2)c2cccc(/C(=N/c3c(C)c(C)c(C)c(C)c3C)c3ccccc3)n2)c(C)c1C. The van der Waals surface area contributed by atoms with Crippen LogP contribution in [-0.2, 0) is 0 Å². The molecule has 0 aliphatic heterocycles. The Hall–Kier alpha value is -4.63. The van der Waals surface area contributed by atoms with E-state index in [1.165, 1.54) is 55.6 Å². The van der Waals surface area contributed by atoms with Crippen LogP contribution in [0.1, 0.15) is 78.1 Å². The zero-order valence-corrected chi connectivity index (χ0v) is 27.8. The molecule has 3 heteroatoms. The van der Waals surface area contributed by atoms with Gasteiger partial charge in [-0.05, 0) is 137 Å². The van der Waals surface area contributed by atoms with Crippen molar-refractivity contribution in [1.29, 1.82) is 0 Å². The number of rotatable bonds is 6. The monoisotopic (exact) mass is 577 g/mol. The van der Waals surface area contributed by atoms with Crippen molar-refractivity contribution in [2.45, 2.75) is 69.2 Å². The highest BCUT2D eigenvalue weighted by atomic mass is 14.9. The molecule has 0 amide bonds. The lowest BCUT2D eigenvalue weighted by Crippen LogP contribution is -2.12. The predicted molar refractivity (Wildman–Crippen MR) is 188 cm³/mol. The summed E-state index contributed by atoms with van der Waals surface area (Å²) in [6.07, 6.45) is 0. The van der Waals surface area contributed by atoms with E-state index in [0.717, 1.165) is 45.3 Å². The molecule has 5 rings (SSSR count). The molecule has 0 atom stereocenters. The minimum Gasteiger partial charge on any atom is -0.246 e. The predicted octanol–water partition coefficient (Wildman–Crippen LogP) is 10.5. The van der Waals surface area contributed by atoms with Crippen molar-refractivity contribution in [3.63, 3.8) is 0 Å². The minimum absolute atomic E-state index is 0.816. The standard InChI is InChI=1S/C41H43N3/c1-24-26(3)30(7)38(31(8)27(24)4)43-40(34-18-13-11-14-19-34)36-22-17-23-37(42-36)41(35-20-15-12-16-21-35)44-39-32(9)28(5)25(2)29(6)33(39)10/h11-23H,1-10H3/b43-40+,44-41+. The van der Waals surface area contributed by atoms with Gasteiger partial charge in [0.1, 0.15) is 0 Å². The first-order valence-electron chi connectivity index (χ1n) is 15.4. The second-order valence-corrected chi connectivity index (χ2v) is 12.0. The molecule has 0 N–H and O–H groups in total. The van der Waals surface area contributed by atoms with Crippen molar-refractivity contribution < 1.29 is 0 Å². The molecule has 44 heavy (non-hydrogen) atoms. The van der Waals surface area contributed by atoms with E-state index in [1.54, 1.807) is 0 Å². The summed E-state index contributed by atoms with van der Waals surface area (Å²) >= 11 is 0. The summed E-state index contributed by atoms with van der Waals surface area (Å²) in [4.78, 5) is 16.1. The van der Waals surface area contributed by atoms with E-state index in [2.05, 4.69) is 136 Å². The Kier molecular flexibility index (Phi) is 8.78. The fraction of sp³-hybridized carbons (Fsp3) is 0.244. The molecule has 222 valence electrons. The van der Waals surface area contributed by atoms with Gasteiger partial charge in [0.05, 0.1) is 34.2 Å². The number of nitrogens with zero attached hydrogens (tertiary/aromatic N) is 3. The Morgan fingerprint density at radius 2 is 0.659 bits per heavy atom. The van der Waals surface area contributed by atoms with Gasteiger partial charge in [-0.2, -0.15) is 0 Å². The first kappa shape index (κ1) is 30.8. The lowest BCUT2D eigenvalue weighted by atomic mass is 9.92. The van der Waals surface area contributed by atoms with Crippen LogP contribution >= 0.6 is 0 Å². The maximum atomic E-state index is 5.39. The Morgan fingerprint density at radius 1 is 0.364 bits per heavy atom. The molecule has 4 aromatic carbocycles. The second-order valence-electron chi connectivity index (χ2n) is 12.0. The maximum Gasteiger partial charge on any atom is 0.0966 e. The third-order valence-corrected chi connectivity index (χ3v) is 9.70. The van der Waals surface area contributed by atoms with Gasteiger partial charge in [0.15, 0.2) is 0 Å². The van der Waals surface area contributed by atoms with Crippen molar-refractivity contribution in [3.05, 3.63) is 157 Å². The van der Waals surface area contributed by atoms with Crippen molar-refractivity contribution in [3.8, 4) is 0 Å². The molecule has 0 radical (unpaired) electrons. The summed E-state index contributed by atoms with van der Waals surface area (Å²) in [7, 11) is 0. The lowest BCUT2D eigenvalue weighted by Gasteiger charge is -2.18. The minimum atomic E-state index is 0.816. The number of hydrogen-bond acceptors (Lipinski definition) is 3. The smallest absolute Gasteiger partial charge is 0.0966 e. The molecule has 3 nitrogen and oxygen atoms in total. The van der Waals surface area contributed by atoms with Crippen LogP contribution in [-0.4, -0.2) is 16.4 Å². The van der Waals surface area contributed by atoms with Crippen LogP contribution < -0.4 is 0 Å². The largest absolute Gasteiger partial charge is 0.246 e. The molecule has 0 unspecified atom stereocenters. The van der Waals surface area contributed by atoms with Crippen LogP contribution in [0, 0.1) is 69.2 Å². The lowest BCUT2D eigenvalue weighted by molar-refractivity contribution is 1.16.